The van der Waals surface area contributed by atoms with Crippen LogP contribution < -0.4 is 4.74 Å². The fourth-order valence-corrected chi connectivity index (χ4v) is 1.99. The summed E-state index contributed by atoms with van der Waals surface area (Å²) in [4.78, 5) is 16.2. The highest BCUT2D eigenvalue weighted by molar-refractivity contribution is 5.97. The summed E-state index contributed by atoms with van der Waals surface area (Å²) in [5.74, 6) is 0.618. The molecule has 0 unspecified atom stereocenters. The minimum atomic E-state index is -0.0354. The standard InChI is InChI=1S/C17H13NO2/c19-17(14-5-2-1-3-6-14)12-20-15-9-8-13-7-4-10-18-16(13)11-15/h1-11H,12H2. The number of carbonyl (C=O) groups is 1. The van der Waals surface area contributed by atoms with E-state index in [-0.39, 0.29) is 12.4 Å². The molecule has 3 nitrogen and oxygen atoms in total. The van der Waals surface area contributed by atoms with Crippen molar-refractivity contribution in [2.24, 2.45) is 0 Å². The highest BCUT2D eigenvalue weighted by Gasteiger charge is 2.06. The van der Waals surface area contributed by atoms with E-state index in [1.807, 2.05) is 48.5 Å². The Morgan fingerprint density at radius 3 is 2.70 bits per heavy atom. The molecule has 2 aromatic carbocycles. The third kappa shape index (κ3) is 2.67. The summed E-state index contributed by atoms with van der Waals surface area (Å²) in [7, 11) is 0. The second-order valence-electron chi connectivity index (χ2n) is 4.44. The lowest BCUT2D eigenvalue weighted by molar-refractivity contribution is 0.0921. The highest BCUT2D eigenvalue weighted by atomic mass is 16.5. The van der Waals surface area contributed by atoms with E-state index in [2.05, 4.69) is 4.98 Å². The molecule has 3 heteroatoms. The van der Waals surface area contributed by atoms with Gasteiger partial charge in [-0.15, -0.1) is 0 Å². The van der Waals surface area contributed by atoms with Gasteiger partial charge in [0.25, 0.3) is 0 Å². The molecule has 20 heavy (non-hydrogen) atoms. The minimum Gasteiger partial charge on any atom is -0.485 e. The molecule has 98 valence electrons. The molecule has 0 aliphatic heterocycles. The van der Waals surface area contributed by atoms with Crippen molar-refractivity contribution >= 4 is 16.7 Å². The molecule has 1 heterocycles. The molecule has 0 fully saturated rings. The number of ether oxygens (including phenoxy) is 1. The number of pyridine rings is 1. The topological polar surface area (TPSA) is 39.2 Å². The number of aromatic nitrogens is 1. The monoisotopic (exact) mass is 263 g/mol. The first-order valence-electron chi connectivity index (χ1n) is 6.39. The second-order valence-corrected chi connectivity index (χ2v) is 4.44. The van der Waals surface area contributed by atoms with Gasteiger partial charge in [-0.1, -0.05) is 36.4 Å². The molecule has 0 amide bonds. The summed E-state index contributed by atoms with van der Waals surface area (Å²) in [6, 6.07) is 18.6. The van der Waals surface area contributed by atoms with Gasteiger partial charge in [0.15, 0.2) is 12.4 Å². The summed E-state index contributed by atoms with van der Waals surface area (Å²) in [5.41, 5.74) is 1.52. The predicted octanol–water partition coefficient (Wildman–Crippen LogP) is 3.50. The van der Waals surface area contributed by atoms with E-state index in [4.69, 9.17) is 4.74 Å². The highest BCUT2D eigenvalue weighted by Crippen LogP contribution is 2.18. The van der Waals surface area contributed by atoms with Crippen LogP contribution in [0.4, 0.5) is 0 Å². The van der Waals surface area contributed by atoms with Crippen LogP contribution in [0, 0.1) is 0 Å². The van der Waals surface area contributed by atoms with Crippen molar-refractivity contribution < 1.29 is 9.53 Å². The number of fused-ring (bicyclic) bond motifs is 1. The lowest BCUT2D eigenvalue weighted by Gasteiger charge is -2.06. The Kier molecular flexibility index (Phi) is 3.42. The molecule has 0 atom stereocenters. The lowest BCUT2D eigenvalue weighted by atomic mass is 10.1. The van der Waals surface area contributed by atoms with E-state index >= 15 is 0 Å². The normalized spacial score (nSPS) is 10.4. The number of rotatable bonds is 4. The van der Waals surface area contributed by atoms with Crippen LogP contribution in [0.3, 0.4) is 0 Å². The van der Waals surface area contributed by atoms with Crippen LogP contribution in [-0.2, 0) is 0 Å². The molecule has 0 aliphatic carbocycles. The van der Waals surface area contributed by atoms with Crippen LogP contribution >= 0.6 is 0 Å². The zero-order chi connectivity index (χ0) is 13.8. The first kappa shape index (κ1) is 12.4. The Labute approximate surface area is 116 Å². The largest absolute Gasteiger partial charge is 0.485 e. The van der Waals surface area contributed by atoms with Crippen molar-refractivity contribution in [1.82, 2.24) is 4.98 Å². The summed E-state index contributed by atoms with van der Waals surface area (Å²) in [5, 5.41) is 1.05. The first-order valence-corrected chi connectivity index (χ1v) is 6.39. The Balaban J connectivity index is 1.72. The van der Waals surface area contributed by atoms with Gasteiger partial charge in [0, 0.05) is 23.2 Å². The van der Waals surface area contributed by atoms with Gasteiger partial charge in [0.2, 0.25) is 0 Å². The average molecular weight is 263 g/mol. The Hall–Kier alpha value is -2.68. The quantitative estimate of drug-likeness (QED) is 0.676. The van der Waals surface area contributed by atoms with Crippen LogP contribution in [0.15, 0.2) is 66.9 Å². The van der Waals surface area contributed by atoms with E-state index in [1.54, 1.807) is 18.3 Å². The fraction of sp³-hybridized carbons (Fsp3) is 0.0588. The summed E-state index contributed by atoms with van der Waals surface area (Å²) >= 11 is 0. The van der Waals surface area contributed by atoms with Crippen molar-refractivity contribution in [3.05, 3.63) is 72.4 Å². The lowest BCUT2D eigenvalue weighted by Crippen LogP contribution is -2.11. The molecule has 1 aromatic heterocycles. The fourth-order valence-electron chi connectivity index (χ4n) is 1.99. The number of carbonyl (C=O) groups excluding carboxylic acids is 1. The van der Waals surface area contributed by atoms with Crippen LogP contribution in [0.1, 0.15) is 10.4 Å². The molecular weight excluding hydrogens is 250 g/mol. The number of Topliss-reactive ketones (excluding diaryl/α,β-unsaturated/α-hetero) is 1. The molecule has 0 radical (unpaired) electrons. The van der Waals surface area contributed by atoms with Crippen LogP contribution in [0.5, 0.6) is 5.75 Å². The maximum absolute atomic E-state index is 11.9. The predicted molar refractivity (Wildman–Crippen MR) is 78.0 cm³/mol. The van der Waals surface area contributed by atoms with Gasteiger partial charge in [-0.2, -0.15) is 0 Å². The summed E-state index contributed by atoms with van der Waals surface area (Å²) < 4.78 is 5.54. The Bertz CT molecular complexity index is 738. The molecule has 0 N–H and O–H groups in total. The van der Waals surface area contributed by atoms with Crippen molar-refractivity contribution in [2.45, 2.75) is 0 Å². The van der Waals surface area contributed by atoms with Crippen molar-refractivity contribution in [1.29, 1.82) is 0 Å². The molecule has 3 aromatic rings. The van der Waals surface area contributed by atoms with Gasteiger partial charge in [0.05, 0.1) is 5.52 Å². The first-order chi connectivity index (χ1) is 9.83. The van der Waals surface area contributed by atoms with Crippen molar-refractivity contribution in [2.75, 3.05) is 6.61 Å². The summed E-state index contributed by atoms with van der Waals surface area (Å²) in [6.45, 7) is 0.0301. The van der Waals surface area contributed by atoms with Gasteiger partial charge in [0.1, 0.15) is 5.75 Å². The van der Waals surface area contributed by atoms with E-state index in [9.17, 15) is 4.79 Å². The van der Waals surface area contributed by atoms with E-state index in [0.717, 1.165) is 10.9 Å². The SMILES string of the molecule is O=C(COc1ccc2cccnc2c1)c1ccccc1. The molecule has 0 bridgehead atoms. The van der Waals surface area contributed by atoms with Gasteiger partial charge in [-0.05, 0) is 18.2 Å². The zero-order valence-corrected chi connectivity index (χ0v) is 10.8. The molecular formula is C17H13NO2. The average Bonchev–Trinajstić information content (AvgIpc) is 2.53. The maximum atomic E-state index is 11.9. The molecule has 0 aliphatic rings. The Morgan fingerprint density at radius 2 is 1.85 bits per heavy atom. The van der Waals surface area contributed by atoms with E-state index in [1.165, 1.54) is 0 Å². The molecule has 0 saturated heterocycles. The van der Waals surface area contributed by atoms with Gasteiger partial charge < -0.3 is 4.74 Å². The smallest absolute Gasteiger partial charge is 0.200 e. The van der Waals surface area contributed by atoms with E-state index < -0.39 is 0 Å². The second kappa shape index (κ2) is 5.53. The summed E-state index contributed by atoms with van der Waals surface area (Å²) in [6.07, 6.45) is 1.74. The van der Waals surface area contributed by atoms with Gasteiger partial charge in [-0.3, -0.25) is 9.78 Å². The van der Waals surface area contributed by atoms with Gasteiger partial charge >= 0.3 is 0 Å². The van der Waals surface area contributed by atoms with E-state index in [0.29, 0.717) is 11.3 Å². The number of ketones is 1. The van der Waals surface area contributed by atoms with Gasteiger partial charge in [-0.25, -0.2) is 0 Å². The molecule has 0 saturated carbocycles. The van der Waals surface area contributed by atoms with Crippen molar-refractivity contribution in [3.63, 3.8) is 0 Å². The zero-order valence-electron chi connectivity index (χ0n) is 10.8. The van der Waals surface area contributed by atoms with Crippen LogP contribution in [-0.4, -0.2) is 17.4 Å². The molecule has 0 spiro atoms. The van der Waals surface area contributed by atoms with Crippen LogP contribution in [0.2, 0.25) is 0 Å². The minimum absolute atomic E-state index is 0.0301. The number of benzene rings is 2. The Morgan fingerprint density at radius 1 is 1.00 bits per heavy atom. The third-order valence-electron chi connectivity index (χ3n) is 3.04. The molecule has 3 rings (SSSR count). The third-order valence-corrected chi connectivity index (χ3v) is 3.04. The van der Waals surface area contributed by atoms with Crippen LogP contribution in [0.25, 0.3) is 10.9 Å². The number of nitrogens with zero attached hydrogens (tertiary/aromatic N) is 1. The number of hydrogen-bond acceptors (Lipinski definition) is 3. The maximum Gasteiger partial charge on any atom is 0.200 e. The number of hydrogen-bond donors (Lipinski definition) is 0. The van der Waals surface area contributed by atoms with Crippen molar-refractivity contribution in [3.8, 4) is 5.75 Å².